The summed E-state index contributed by atoms with van der Waals surface area (Å²) in [5.41, 5.74) is 8.37. The van der Waals surface area contributed by atoms with E-state index in [-0.39, 0.29) is 18.6 Å². The summed E-state index contributed by atoms with van der Waals surface area (Å²) < 4.78 is 5.37. The van der Waals surface area contributed by atoms with Crippen LogP contribution in [0.3, 0.4) is 0 Å². The smallest absolute Gasteiger partial charge is 0.257 e. The number of rotatable bonds is 3. The third-order valence-electron chi connectivity index (χ3n) is 2.89. The Balaban J connectivity index is 2.05. The summed E-state index contributed by atoms with van der Waals surface area (Å²) in [4.78, 5) is 11.0. The monoisotopic (exact) mass is 220 g/mol. The first kappa shape index (κ1) is 11.0. The van der Waals surface area contributed by atoms with Gasteiger partial charge in [0.15, 0.2) is 6.61 Å². The molecule has 0 aromatic heterocycles. The van der Waals surface area contributed by atoms with E-state index in [9.17, 15) is 4.79 Å². The number of nitrogens with two attached hydrogens (primary N) is 1. The van der Waals surface area contributed by atoms with Gasteiger partial charge in [0.25, 0.3) is 5.91 Å². The van der Waals surface area contributed by atoms with Crippen molar-refractivity contribution < 1.29 is 9.53 Å². The molecule has 1 aliphatic rings. The molecule has 86 valence electrons. The van der Waals surface area contributed by atoms with Crippen molar-refractivity contribution in [3.63, 3.8) is 0 Å². The molecule has 3 N–H and O–H groups in total. The van der Waals surface area contributed by atoms with E-state index in [1.54, 1.807) is 7.05 Å². The number of ether oxygens (including phenoxy) is 1. The molecule has 1 atom stereocenters. The van der Waals surface area contributed by atoms with Gasteiger partial charge in [-0.2, -0.15) is 0 Å². The zero-order chi connectivity index (χ0) is 11.5. The van der Waals surface area contributed by atoms with Crippen LogP contribution in [0, 0.1) is 0 Å². The lowest BCUT2D eigenvalue weighted by Gasteiger charge is -2.08. The van der Waals surface area contributed by atoms with Crippen molar-refractivity contribution in [1.29, 1.82) is 0 Å². The van der Waals surface area contributed by atoms with Crippen molar-refractivity contribution in [2.75, 3.05) is 13.7 Å². The molecule has 4 nitrogen and oxygen atoms in total. The second-order valence-corrected chi connectivity index (χ2v) is 3.97. The van der Waals surface area contributed by atoms with Gasteiger partial charge in [-0.25, -0.2) is 0 Å². The third kappa shape index (κ3) is 2.17. The maximum atomic E-state index is 11.0. The SMILES string of the molecule is CNC(=O)COc1ccc2c(c1)CC[C@@H]2N. The van der Waals surface area contributed by atoms with Crippen LogP contribution >= 0.6 is 0 Å². The lowest BCUT2D eigenvalue weighted by molar-refractivity contribution is -0.122. The average molecular weight is 220 g/mol. The highest BCUT2D eigenvalue weighted by atomic mass is 16.5. The summed E-state index contributed by atoms with van der Waals surface area (Å²) in [6.07, 6.45) is 1.99. The zero-order valence-corrected chi connectivity index (χ0v) is 9.32. The van der Waals surface area contributed by atoms with Gasteiger partial charge in [-0.05, 0) is 36.1 Å². The number of hydrogen-bond acceptors (Lipinski definition) is 3. The van der Waals surface area contributed by atoms with Gasteiger partial charge in [-0.3, -0.25) is 4.79 Å². The fourth-order valence-electron chi connectivity index (χ4n) is 1.94. The van der Waals surface area contributed by atoms with E-state index in [0.717, 1.165) is 18.6 Å². The Bertz CT molecular complexity index is 404. The molecule has 1 amide bonds. The lowest BCUT2D eigenvalue weighted by Crippen LogP contribution is -2.24. The highest BCUT2D eigenvalue weighted by Gasteiger charge is 2.19. The number of carbonyl (C=O) groups excluding carboxylic acids is 1. The normalized spacial score (nSPS) is 18.0. The minimum Gasteiger partial charge on any atom is -0.484 e. The molecule has 0 bridgehead atoms. The van der Waals surface area contributed by atoms with E-state index in [4.69, 9.17) is 10.5 Å². The van der Waals surface area contributed by atoms with Crippen molar-refractivity contribution in [2.24, 2.45) is 5.73 Å². The topological polar surface area (TPSA) is 64.3 Å². The maximum absolute atomic E-state index is 11.0. The predicted octanol–water partition coefficient (Wildman–Crippen LogP) is 0.757. The van der Waals surface area contributed by atoms with Crippen LogP contribution in [0.4, 0.5) is 0 Å². The quantitative estimate of drug-likeness (QED) is 0.790. The van der Waals surface area contributed by atoms with Gasteiger partial charge >= 0.3 is 0 Å². The zero-order valence-electron chi connectivity index (χ0n) is 9.32. The molecular weight excluding hydrogens is 204 g/mol. The molecule has 0 aliphatic heterocycles. The molecule has 0 saturated carbocycles. The predicted molar refractivity (Wildman–Crippen MR) is 61.3 cm³/mol. The Morgan fingerprint density at radius 1 is 1.62 bits per heavy atom. The number of carbonyl (C=O) groups is 1. The number of fused-ring (bicyclic) bond motifs is 1. The number of benzene rings is 1. The molecule has 1 aromatic rings. The first-order chi connectivity index (χ1) is 7.70. The van der Waals surface area contributed by atoms with Crippen molar-refractivity contribution >= 4 is 5.91 Å². The van der Waals surface area contributed by atoms with E-state index in [1.165, 1.54) is 11.1 Å². The summed E-state index contributed by atoms with van der Waals surface area (Å²) in [7, 11) is 1.59. The summed E-state index contributed by atoms with van der Waals surface area (Å²) >= 11 is 0. The van der Waals surface area contributed by atoms with E-state index in [2.05, 4.69) is 5.32 Å². The Morgan fingerprint density at radius 3 is 3.19 bits per heavy atom. The van der Waals surface area contributed by atoms with Crippen LogP contribution < -0.4 is 15.8 Å². The molecule has 0 heterocycles. The van der Waals surface area contributed by atoms with Gasteiger partial charge in [0.1, 0.15) is 5.75 Å². The van der Waals surface area contributed by atoms with Crippen molar-refractivity contribution in [3.05, 3.63) is 29.3 Å². The summed E-state index contributed by atoms with van der Waals surface area (Å²) in [5, 5.41) is 2.51. The fourth-order valence-corrected chi connectivity index (χ4v) is 1.94. The van der Waals surface area contributed by atoms with Gasteiger partial charge in [-0.15, -0.1) is 0 Å². The van der Waals surface area contributed by atoms with Gasteiger partial charge in [0.2, 0.25) is 0 Å². The highest BCUT2D eigenvalue weighted by molar-refractivity contribution is 5.77. The number of likely N-dealkylation sites (N-methyl/N-ethyl adjacent to an activating group) is 1. The molecule has 0 unspecified atom stereocenters. The Hall–Kier alpha value is -1.55. The lowest BCUT2D eigenvalue weighted by atomic mass is 10.1. The molecule has 1 aromatic carbocycles. The Kier molecular flexibility index (Phi) is 3.10. The first-order valence-corrected chi connectivity index (χ1v) is 5.42. The van der Waals surface area contributed by atoms with Gasteiger partial charge < -0.3 is 15.8 Å². The van der Waals surface area contributed by atoms with Crippen molar-refractivity contribution in [1.82, 2.24) is 5.32 Å². The Morgan fingerprint density at radius 2 is 2.44 bits per heavy atom. The van der Waals surface area contributed by atoms with Gasteiger partial charge in [-0.1, -0.05) is 6.07 Å². The van der Waals surface area contributed by atoms with Gasteiger partial charge in [0, 0.05) is 13.1 Å². The third-order valence-corrected chi connectivity index (χ3v) is 2.89. The number of aryl methyl sites for hydroxylation is 1. The standard InChI is InChI=1S/C12H16N2O2/c1-14-12(15)7-16-9-3-4-10-8(6-9)2-5-11(10)13/h3-4,6,11H,2,5,7,13H2,1H3,(H,14,15)/t11-/m0/s1. The first-order valence-electron chi connectivity index (χ1n) is 5.42. The maximum Gasteiger partial charge on any atom is 0.257 e. The molecule has 0 spiro atoms. The fraction of sp³-hybridized carbons (Fsp3) is 0.417. The second kappa shape index (κ2) is 4.53. The van der Waals surface area contributed by atoms with E-state index >= 15 is 0 Å². The summed E-state index contributed by atoms with van der Waals surface area (Å²) in [6, 6.07) is 5.99. The molecule has 4 heteroatoms. The molecule has 0 fully saturated rings. The van der Waals surface area contributed by atoms with Crippen LogP contribution in [-0.4, -0.2) is 19.6 Å². The molecule has 2 rings (SSSR count). The molecule has 0 saturated heterocycles. The van der Waals surface area contributed by atoms with Crippen LogP contribution in [-0.2, 0) is 11.2 Å². The summed E-state index contributed by atoms with van der Waals surface area (Å²) in [5.74, 6) is 0.605. The van der Waals surface area contributed by atoms with Crippen molar-refractivity contribution in [2.45, 2.75) is 18.9 Å². The van der Waals surface area contributed by atoms with E-state index in [0.29, 0.717) is 0 Å². The minimum atomic E-state index is -0.128. The van der Waals surface area contributed by atoms with Crippen molar-refractivity contribution in [3.8, 4) is 5.75 Å². The molecule has 16 heavy (non-hydrogen) atoms. The second-order valence-electron chi connectivity index (χ2n) is 3.97. The largest absolute Gasteiger partial charge is 0.484 e. The Labute approximate surface area is 94.8 Å². The average Bonchev–Trinajstić information content (AvgIpc) is 2.67. The molecule has 0 radical (unpaired) electrons. The number of nitrogens with one attached hydrogen (secondary N) is 1. The highest BCUT2D eigenvalue weighted by Crippen LogP contribution is 2.31. The van der Waals surface area contributed by atoms with Gasteiger partial charge in [0.05, 0.1) is 0 Å². The molecule has 1 aliphatic carbocycles. The van der Waals surface area contributed by atoms with Crippen LogP contribution in [0.1, 0.15) is 23.6 Å². The van der Waals surface area contributed by atoms with E-state index in [1.807, 2.05) is 18.2 Å². The number of amides is 1. The molecular formula is C12H16N2O2. The van der Waals surface area contributed by atoms with Crippen LogP contribution in [0.25, 0.3) is 0 Å². The minimum absolute atomic E-state index is 0.0569. The van der Waals surface area contributed by atoms with Crippen LogP contribution in [0.5, 0.6) is 5.75 Å². The number of hydrogen-bond donors (Lipinski definition) is 2. The van der Waals surface area contributed by atoms with Crippen LogP contribution in [0.15, 0.2) is 18.2 Å². The van der Waals surface area contributed by atoms with E-state index < -0.39 is 0 Å². The van der Waals surface area contributed by atoms with Crippen LogP contribution in [0.2, 0.25) is 0 Å². The summed E-state index contributed by atoms with van der Waals surface area (Å²) in [6.45, 7) is 0.0569.